The average Bonchev–Trinajstić information content (AvgIpc) is 3.12. The summed E-state index contributed by atoms with van der Waals surface area (Å²) in [4.78, 5) is 22.1. The summed E-state index contributed by atoms with van der Waals surface area (Å²) in [5.41, 5.74) is -0.202. The Morgan fingerprint density at radius 3 is 2.72 bits per heavy atom. The number of nitro groups is 1. The van der Waals surface area contributed by atoms with Crippen LogP contribution in [-0.4, -0.2) is 10.8 Å². The van der Waals surface area contributed by atoms with Gasteiger partial charge in [-0.15, -0.1) is 0 Å². The molecule has 0 atom stereocenters. The van der Waals surface area contributed by atoms with Crippen LogP contribution in [0.5, 0.6) is 0 Å². The third kappa shape index (κ3) is 1.91. The zero-order valence-electron chi connectivity index (χ0n) is 9.77. The van der Waals surface area contributed by atoms with Crippen LogP contribution in [-0.2, 0) is 4.79 Å². The Bertz CT molecular complexity index is 570. The van der Waals surface area contributed by atoms with Gasteiger partial charge in [0, 0.05) is 6.07 Å². The maximum atomic E-state index is 11.9. The highest BCUT2D eigenvalue weighted by Gasteiger charge is 2.50. The van der Waals surface area contributed by atoms with Gasteiger partial charge in [-0.2, -0.15) is 5.26 Å². The lowest BCUT2D eigenvalue weighted by atomic mass is 10.1. The second-order valence-electron chi connectivity index (χ2n) is 4.35. The number of benzene rings is 1. The van der Waals surface area contributed by atoms with Gasteiger partial charge in [-0.1, -0.05) is 6.07 Å². The molecule has 6 heteroatoms. The van der Waals surface area contributed by atoms with E-state index in [1.165, 1.54) is 12.1 Å². The SMILES string of the molecule is Cc1c(NC(=O)C2(C#N)CC2)cccc1[N+](=O)[O-]. The minimum atomic E-state index is -0.933. The normalized spacial score (nSPS) is 15.6. The van der Waals surface area contributed by atoms with Crippen molar-refractivity contribution in [2.75, 3.05) is 5.32 Å². The van der Waals surface area contributed by atoms with Gasteiger partial charge in [-0.3, -0.25) is 14.9 Å². The van der Waals surface area contributed by atoms with Crippen molar-refractivity contribution in [2.24, 2.45) is 5.41 Å². The summed E-state index contributed by atoms with van der Waals surface area (Å²) in [7, 11) is 0. The van der Waals surface area contributed by atoms with Crippen molar-refractivity contribution < 1.29 is 9.72 Å². The molecule has 1 aromatic rings. The lowest BCUT2D eigenvalue weighted by Gasteiger charge is -2.10. The Morgan fingerprint density at radius 2 is 2.22 bits per heavy atom. The van der Waals surface area contributed by atoms with E-state index in [0.717, 1.165) is 0 Å². The predicted molar refractivity (Wildman–Crippen MR) is 63.7 cm³/mol. The van der Waals surface area contributed by atoms with Crippen molar-refractivity contribution in [2.45, 2.75) is 19.8 Å². The molecular weight excluding hydrogens is 234 g/mol. The molecular formula is C12H11N3O3. The lowest BCUT2D eigenvalue weighted by molar-refractivity contribution is -0.385. The molecule has 1 N–H and O–H groups in total. The minimum absolute atomic E-state index is 0.0467. The first-order valence-electron chi connectivity index (χ1n) is 5.47. The molecule has 2 rings (SSSR count). The van der Waals surface area contributed by atoms with Crippen LogP contribution in [0.2, 0.25) is 0 Å². The van der Waals surface area contributed by atoms with Gasteiger partial charge in [0.25, 0.3) is 5.69 Å². The molecule has 0 heterocycles. The van der Waals surface area contributed by atoms with Crippen molar-refractivity contribution in [3.05, 3.63) is 33.9 Å². The average molecular weight is 245 g/mol. The maximum Gasteiger partial charge on any atom is 0.274 e. The van der Waals surface area contributed by atoms with E-state index in [0.29, 0.717) is 24.1 Å². The van der Waals surface area contributed by atoms with E-state index in [-0.39, 0.29) is 11.6 Å². The standard InChI is InChI=1S/C12H11N3O3/c1-8-9(3-2-4-10(8)15(17)18)14-11(16)12(7-13)5-6-12/h2-4H,5-6H2,1H3,(H,14,16). The van der Waals surface area contributed by atoms with Crippen LogP contribution in [0, 0.1) is 33.8 Å². The second-order valence-corrected chi connectivity index (χ2v) is 4.35. The van der Waals surface area contributed by atoms with E-state index in [2.05, 4.69) is 5.32 Å². The Labute approximate surface area is 103 Å². The van der Waals surface area contributed by atoms with Crippen LogP contribution in [0.3, 0.4) is 0 Å². The van der Waals surface area contributed by atoms with Crippen LogP contribution in [0.15, 0.2) is 18.2 Å². The van der Waals surface area contributed by atoms with Gasteiger partial charge >= 0.3 is 0 Å². The summed E-state index contributed by atoms with van der Waals surface area (Å²) in [5.74, 6) is -0.381. The third-order valence-electron chi connectivity index (χ3n) is 3.15. The zero-order chi connectivity index (χ0) is 13.3. The largest absolute Gasteiger partial charge is 0.324 e. The van der Waals surface area contributed by atoms with Crippen molar-refractivity contribution in [3.8, 4) is 6.07 Å². The van der Waals surface area contributed by atoms with Crippen LogP contribution >= 0.6 is 0 Å². The topological polar surface area (TPSA) is 96.0 Å². The van der Waals surface area contributed by atoms with E-state index in [1.807, 2.05) is 6.07 Å². The van der Waals surface area contributed by atoms with E-state index >= 15 is 0 Å². The Morgan fingerprint density at radius 1 is 1.56 bits per heavy atom. The highest BCUT2D eigenvalue weighted by Crippen LogP contribution is 2.46. The number of rotatable bonds is 3. The number of carbonyl (C=O) groups excluding carboxylic acids is 1. The summed E-state index contributed by atoms with van der Waals surface area (Å²) < 4.78 is 0. The summed E-state index contributed by atoms with van der Waals surface area (Å²) >= 11 is 0. The molecule has 0 spiro atoms. The fourth-order valence-corrected chi connectivity index (χ4v) is 1.71. The molecule has 1 saturated carbocycles. The van der Waals surface area contributed by atoms with E-state index in [1.54, 1.807) is 13.0 Å². The summed E-state index contributed by atoms with van der Waals surface area (Å²) in [6.45, 7) is 1.57. The van der Waals surface area contributed by atoms with E-state index in [9.17, 15) is 14.9 Å². The lowest BCUT2D eigenvalue weighted by Crippen LogP contribution is -2.23. The quantitative estimate of drug-likeness (QED) is 0.651. The molecule has 1 fully saturated rings. The molecule has 0 aliphatic heterocycles. The number of anilines is 1. The molecule has 1 aliphatic carbocycles. The number of nitrogens with one attached hydrogen (secondary N) is 1. The van der Waals surface area contributed by atoms with Crippen LogP contribution < -0.4 is 5.32 Å². The van der Waals surface area contributed by atoms with Gasteiger partial charge in [0.1, 0.15) is 5.41 Å². The first-order chi connectivity index (χ1) is 8.50. The number of hydrogen-bond donors (Lipinski definition) is 1. The predicted octanol–water partition coefficient (Wildman–Crippen LogP) is 2.15. The fourth-order valence-electron chi connectivity index (χ4n) is 1.71. The van der Waals surface area contributed by atoms with Crippen LogP contribution in [0.25, 0.3) is 0 Å². The van der Waals surface area contributed by atoms with Crippen molar-refractivity contribution >= 4 is 17.3 Å². The number of amides is 1. The van der Waals surface area contributed by atoms with Gasteiger partial charge in [-0.25, -0.2) is 0 Å². The molecule has 6 nitrogen and oxygen atoms in total. The number of nitrogens with zero attached hydrogens (tertiary/aromatic N) is 2. The van der Waals surface area contributed by atoms with Crippen LogP contribution in [0.1, 0.15) is 18.4 Å². The van der Waals surface area contributed by atoms with Crippen molar-refractivity contribution in [1.82, 2.24) is 0 Å². The smallest absolute Gasteiger partial charge is 0.274 e. The zero-order valence-corrected chi connectivity index (χ0v) is 9.77. The van der Waals surface area contributed by atoms with E-state index < -0.39 is 10.3 Å². The fraction of sp³-hybridized carbons (Fsp3) is 0.333. The minimum Gasteiger partial charge on any atom is -0.324 e. The molecule has 0 unspecified atom stereocenters. The molecule has 18 heavy (non-hydrogen) atoms. The van der Waals surface area contributed by atoms with Crippen molar-refractivity contribution in [1.29, 1.82) is 5.26 Å². The number of nitro benzene ring substituents is 1. The first-order valence-corrected chi connectivity index (χ1v) is 5.47. The summed E-state index contributed by atoms with van der Waals surface area (Å²) in [6.07, 6.45) is 1.09. The summed E-state index contributed by atoms with van der Waals surface area (Å²) in [6, 6.07) is 6.46. The molecule has 0 bridgehead atoms. The van der Waals surface area contributed by atoms with E-state index in [4.69, 9.17) is 5.26 Å². The van der Waals surface area contributed by atoms with Gasteiger partial charge in [0.15, 0.2) is 0 Å². The van der Waals surface area contributed by atoms with Gasteiger partial charge in [0.05, 0.1) is 22.2 Å². The van der Waals surface area contributed by atoms with Crippen molar-refractivity contribution in [3.63, 3.8) is 0 Å². The molecule has 0 radical (unpaired) electrons. The Balaban J connectivity index is 2.26. The first kappa shape index (κ1) is 12.0. The highest BCUT2D eigenvalue weighted by molar-refractivity contribution is 6.00. The second kappa shape index (κ2) is 4.11. The number of hydrogen-bond acceptors (Lipinski definition) is 4. The highest BCUT2D eigenvalue weighted by atomic mass is 16.6. The van der Waals surface area contributed by atoms with Gasteiger partial charge in [0.2, 0.25) is 5.91 Å². The van der Waals surface area contributed by atoms with Gasteiger partial charge < -0.3 is 5.32 Å². The van der Waals surface area contributed by atoms with Crippen LogP contribution in [0.4, 0.5) is 11.4 Å². The molecule has 0 saturated heterocycles. The third-order valence-corrected chi connectivity index (χ3v) is 3.15. The number of carbonyl (C=O) groups is 1. The molecule has 1 aromatic carbocycles. The Hall–Kier alpha value is -2.42. The Kier molecular flexibility index (Phi) is 2.75. The monoisotopic (exact) mass is 245 g/mol. The summed E-state index contributed by atoms with van der Waals surface area (Å²) in [5, 5.41) is 22.3. The van der Waals surface area contributed by atoms with Gasteiger partial charge in [-0.05, 0) is 25.8 Å². The molecule has 92 valence electrons. The molecule has 0 aromatic heterocycles. The molecule has 1 aliphatic rings. The number of nitriles is 1. The molecule has 1 amide bonds. The maximum absolute atomic E-state index is 11.9.